The maximum atomic E-state index is 12.7. The van der Waals surface area contributed by atoms with Crippen LogP contribution in [0.2, 0.25) is 0 Å². The Balaban J connectivity index is 2.08. The van der Waals surface area contributed by atoms with E-state index >= 15 is 0 Å². The van der Waals surface area contributed by atoms with Gasteiger partial charge in [0.05, 0.1) is 12.4 Å². The van der Waals surface area contributed by atoms with Crippen LogP contribution in [0.5, 0.6) is 5.75 Å². The molecule has 0 aliphatic carbocycles. The van der Waals surface area contributed by atoms with E-state index in [4.69, 9.17) is 4.74 Å². The molecule has 0 aromatic heterocycles. The molecule has 0 aliphatic rings. The Bertz CT molecular complexity index is 703. The van der Waals surface area contributed by atoms with Gasteiger partial charge in [-0.3, -0.25) is 9.00 Å². The second kappa shape index (κ2) is 8.64. The molecule has 5 heteroatoms. The molecule has 128 valence electrons. The van der Waals surface area contributed by atoms with Crippen LogP contribution in [0.25, 0.3) is 0 Å². The number of para-hydroxylation sites is 2. The van der Waals surface area contributed by atoms with E-state index in [0.29, 0.717) is 12.4 Å². The Labute approximate surface area is 145 Å². The van der Waals surface area contributed by atoms with Crippen LogP contribution in [0.3, 0.4) is 0 Å². The van der Waals surface area contributed by atoms with E-state index in [1.54, 1.807) is 18.9 Å². The fourth-order valence-corrected chi connectivity index (χ4v) is 3.54. The highest BCUT2D eigenvalue weighted by atomic mass is 32.2. The highest BCUT2D eigenvalue weighted by Crippen LogP contribution is 2.22. The summed E-state index contributed by atoms with van der Waals surface area (Å²) >= 11 is 0. The topological polar surface area (TPSA) is 46.6 Å². The molecule has 2 rings (SSSR count). The number of anilines is 1. The van der Waals surface area contributed by atoms with Crippen LogP contribution in [0.1, 0.15) is 19.4 Å². The SMILES string of the molecule is CCOc1ccccc1CS(=O)C(C)C(=O)N(C)c1ccccc1. The Morgan fingerprint density at radius 1 is 1.12 bits per heavy atom. The molecule has 2 atom stereocenters. The normalized spacial score (nSPS) is 13.1. The first-order valence-corrected chi connectivity index (χ1v) is 9.33. The van der Waals surface area contributed by atoms with Crippen molar-refractivity contribution in [2.24, 2.45) is 0 Å². The number of hydrogen-bond acceptors (Lipinski definition) is 3. The third-order valence-electron chi connectivity index (χ3n) is 3.79. The van der Waals surface area contributed by atoms with E-state index in [0.717, 1.165) is 17.0 Å². The second-order valence-corrected chi connectivity index (χ2v) is 7.20. The molecule has 0 saturated heterocycles. The van der Waals surface area contributed by atoms with E-state index in [9.17, 15) is 9.00 Å². The van der Waals surface area contributed by atoms with Gasteiger partial charge in [0.2, 0.25) is 5.91 Å². The van der Waals surface area contributed by atoms with Gasteiger partial charge >= 0.3 is 0 Å². The molecule has 0 N–H and O–H groups in total. The van der Waals surface area contributed by atoms with E-state index in [1.165, 1.54) is 0 Å². The zero-order valence-electron chi connectivity index (χ0n) is 14.3. The Hall–Kier alpha value is -2.14. The van der Waals surface area contributed by atoms with Gasteiger partial charge in [0, 0.05) is 29.1 Å². The molecule has 2 aromatic carbocycles. The summed E-state index contributed by atoms with van der Waals surface area (Å²) in [6.45, 7) is 4.17. The largest absolute Gasteiger partial charge is 0.494 e. The molecule has 2 aromatic rings. The number of benzene rings is 2. The molecule has 4 nitrogen and oxygen atoms in total. The molecular formula is C19H23NO3S. The van der Waals surface area contributed by atoms with Crippen molar-refractivity contribution in [2.75, 3.05) is 18.6 Å². The first kappa shape index (κ1) is 18.2. The van der Waals surface area contributed by atoms with Crippen LogP contribution in [-0.4, -0.2) is 29.0 Å². The van der Waals surface area contributed by atoms with Crippen molar-refractivity contribution < 1.29 is 13.7 Å². The molecule has 0 saturated carbocycles. The average molecular weight is 345 g/mol. The average Bonchev–Trinajstić information content (AvgIpc) is 2.62. The minimum atomic E-state index is -1.33. The van der Waals surface area contributed by atoms with Crippen LogP contribution in [0.4, 0.5) is 5.69 Å². The lowest BCUT2D eigenvalue weighted by Gasteiger charge is -2.21. The molecule has 2 unspecified atom stereocenters. The summed E-state index contributed by atoms with van der Waals surface area (Å²) < 4.78 is 18.2. The van der Waals surface area contributed by atoms with Gasteiger partial charge in [-0.1, -0.05) is 36.4 Å². The van der Waals surface area contributed by atoms with E-state index < -0.39 is 16.0 Å². The Kier molecular flexibility index (Phi) is 6.55. The monoisotopic (exact) mass is 345 g/mol. The summed E-state index contributed by atoms with van der Waals surface area (Å²) in [6.07, 6.45) is 0. The lowest BCUT2D eigenvalue weighted by molar-refractivity contribution is -0.117. The number of carbonyl (C=O) groups is 1. The molecule has 0 spiro atoms. The van der Waals surface area contributed by atoms with Crippen molar-refractivity contribution in [2.45, 2.75) is 24.9 Å². The van der Waals surface area contributed by atoms with Gasteiger partial charge in [-0.2, -0.15) is 0 Å². The van der Waals surface area contributed by atoms with Gasteiger partial charge in [-0.25, -0.2) is 0 Å². The third-order valence-corrected chi connectivity index (χ3v) is 5.37. The fraction of sp³-hybridized carbons (Fsp3) is 0.316. The van der Waals surface area contributed by atoms with Crippen molar-refractivity contribution >= 4 is 22.4 Å². The van der Waals surface area contributed by atoms with Crippen LogP contribution >= 0.6 is 0 Å². The summed E-state index contributed by atoms with van der Waals surface area (Å²) in [5.74, 6) is 0.865. The lowest BCUT2D eigenvalue weighted by atomic mass is 10.2. The van der Waals surface area contributed by atoms with E-state index in [-0.39, 0.29) is 5.91 Å². The van der Waals surface area contributed by atoms with Gasteiger partial charge in [0.1, 0.15) is 11.0 Å². The molecule has 0 bridgehead atoms. The highest BCUT2D eigenvalue weighted by molar-refractivity contribution is 7.85. The van der Waals surface area contributed by atoms with Gasteiger partial charge < -0.3 is 9.64 Å². The summed E-state index contributed by atoms with van der Waals surface area (Å²) in [7, 11) is 0.383. The quantitative estimate of drug-likeness (QED) is 0.773. The predicted molar refractivity (Wildman–Crippen MR) is 98.8 cm³/mol. The van der Waals surface area contributed by atoms with Gasteiger partial charge in [0.25, 0.3) is 0 Å². The van der Waals surface area contributed by atoms with E-state index in [2.05, 4.69) is 0 Å². The van der Waals surface area contributed by atoms with Crippen molar-refractivity contribution in [3.63, 3.8) is 0 Å². The molecular weight excluding hydrogens is 322 g/mol. The summed E-state index contributed by atoms with van der Waals surface area (Å²) in [5, 5.41) is -0.593. The zero-order valence-corrected chi connectivity index (χ0v) is 15.1. The number of nitrogens with zero attached hydrogens (tertiary/aromatic N) is 1. The zero-order chi connectivity index (χ0) is 17.5. The first-order chi connectivity index (χ1) is 11.5. The van der Waals surface area contributed by atoms with Gasteiger partial charge in [-0.05, 0) is 32.0 Å². The van der Waals surface area contributed by atoms with Gasteiger partial charge in [0.15, 0.2) is 0 Å². The molecule has 24 heavy (non-hydrogen) atoms. The Morgan fingerprint density at radius 3 is 2.42 bits per heavy atom. The standard InChI is InChI=1S/C19H23NO3S/c1-4-23-18-13-9-8-10-16(18)14-24(22)15(2)19(21)20(3)17-11-6-5-7-12-17/h5-13,15H,4,14H2,1-3H3. The van der Waals surface area contributed by atoms with Crippen LogP contribution < -0.4 is 9.64 Å². The maximum Gasteiger partial charge on any atom is 0.242 e. The Morgan fingerprint density at radius 2 is 1.75 bits per heavy atom. The molecule has 0 aliphatic heterocycles. The second-order valence-electron chi connectivity index (χ2n) is 5.44. The fourth-order valence-electron chi connectivity index (χ4n) is 2.36. The number of hydrogen-bond donors (Lipinski definition) is 0. The van der Waals surface area contributed by atoms with Crippen molar-refractivity contribution in [1.82, 2.24) is 0 Å². The van der Waals surface area contributed by atoms with Crippen LogP contribution in [0, 0.1) is 0 Å². The van der Waals surface area contributed by atoms with Crippen LogP contribution in [0.15, 0.2) is 54.6 Å². The summed E-state index contributed by atoms with van der Waals surface area (Å²) in [4.78, 5) is 14.1. The van der Waals surface area contributed by atoms with Crippen molar-refractivity contribution in [3.05, 3.63) is 60.2 Å². The van der Waals surface area contributed by atoms with Crippen LogP contribution in [-0.2, 0) is 21.3 Å². The first-order valence-electron chi connectivity index (χ1n) is 7.95. The molecule has 1 amide bonds. The third kappa shape index (κ3) is 4.45. The maximum absolute atomic E-state index is 12.7. The van der Waals surface area contributed by atoms with E-state index in [1.807, 2.05) is 61.5 Å². The van der Waals surface area contributed by atoms with Gasteiger partial charge in [-0.15, -0.1) is 0 Å². The lowest BCUT2D eigenvalue weighted by Crippen LogP contribution is -2.37. The summed E-state index contributed by atoms with van der Waals surface area (Å²) in [6, 6.07) is 16.9. The van der Waals surface area contributed by atoms with Crippen molar-refractivity contribution in [3.8, 4) is 5.75 Å². The molecule has 0 heterocycles. The highest BCUT2D eigenvalue weighted by Gasteiger charge is 2.25. The smallest absolute Gasteiger partial charge is 0.242 e. The van der Waals surface area contributed by atoms with Crippen molar-refractivity contribution in [1.29, 1.82) is 0 Å². The number of ether oxygens (including phenoxy) is 1. The minimum absolute atomic E-state index is 0.159. The molecule has 0 radical (unpaired) electrons. The number of amides is 1. The molecule has 0 fully saturated rings. The number of carbonyl (C=O) groups excluding carboxylic acids is 1. The number of rotatable bonds is 7. The summed E-state index contributed by atoms with van der Waals surface area (Å²) in [5.41, 5.74) is 1.65. The minimum Gasteiger partial charge on any atom is -0.494 e. The predicted octanol–water partition coefficient (Wildman–Crippen LogP) is 3.39.